The van der Waals surface area contributed by atoms with Crippen LogP contribution in [0.4, 0.5) is 11.4 Å². The Morgan fingerprint density at radius 2 is 1.59 bits per heavy atom. The first-order valence-corrected chi connectivity index (χ1v) is 13.8. The number of carbonyl (C=O) groups is 3. The summed E-state index contributed by atoms with van der Waals surface area (Å²) in [4.78, 5) is 45.7. The lowest BCUT2D eigenvalue weighted by Crippen LogP contribution is -2.51. The number of anilines is 2. The van der Waals surface area contributed by atoms with Crippen molar-refractivity contribution in [3.05, 3.63) is 130 Å². The van der Waals surface area contributed by atoms with Crippen LogP contribution in [0.25, 0.3) is 6.08 Å². The van der Waals surface area contributed by atoms with Gasteiger partial charge in [0.05, 0.1) is 19.1 Å². The Balaban J connectivity index is 1.52. The molecule has 7 heteroatoms. The lowest BCUT2D eigenvalue weighted by molar-refractivity contribution is -0.121. The number of ketones is 2. The molecule has 1 spiro atoms. The van der Waals surface area contributed by atoms with Crippen molar-refractivity contribution in [2.45, 2.75) is 17.5 Å². The Labute approximate surface area is 242 Å². The molecule has 41 heavy (non-hydrogen) atoms. The largest absolute Gasteiger partial charge is 0.497 e. The van der Waals surface area contributed by atoms with Crippen molar-refractivity contribution < 1.29 is 19.1 Å². The van der Waals surface area contributed by atoms with Gasteiger partial charge in [-0.2, -0.15) is 0 Å². The van der Waals surface area contributed by atoms with Gasteiger partial charge < -0.3 is 15.0 Å². The summed E-state index contributed by atoms with van der Waals surface area (Å²) >= 11 is 6.36. The van der Waals surface area contributed by atoms with Crippen LogP contribution in [0.3, 0.4) is 0 Å². The van der Waals surface area contributed by atoms with Crippen molar-refractivity contribution in [2.24, 2.45) is 5.92 Å². The molecule has 3 aliphatic rings. The molecule has 1 amide bonds. The van der Waals surface area contributed by atoms with Gasteiger partial charge >= 0.3 is 0 Å². The zero-order chi connectivity index (χ0) is 28.3. The number of halogens is 1. The molecule has 202 valence electrons. The van der Waals surface area contributed by atoms with Crippen LogP contribution >= 0.6 is 11.6 Å². The Kier molecular flexibility index (Phi) is 5.84. The summed E-state index contributed by atoms with van der Waals surface area (Å²) in [7, 11) is 1.56. The van der Waals surface area contributed by atoms with Gasteiger partial charge in [0, 0.05) is 27.5 Å². The second-order valence-corrected chi connectivity index (χ2v) is 11.0. The van der Waals surface area contributed by atoms with Crippen molar-refractivity contribution in [1.29, 1.82) is 0 Å². The van der Waals surface area contributed by atoms with E-state index in [1.165, 1.54) is 0 Å². The zero-order valence-electron chi connectivity index (χ0n) is 22.1. The molecular weight excluding hydrogens is 536 g/mol. The molecule has 0 saturated carbocycles. The molecule has 4 aromatic carbocycles. The van der Waals surface area contributed by atoms with Crippen LogP contribution in [0.1, 0.15) is 31.8 Å². The van der Waals surface area contributed by atoms with E-state index in [2.05, 4.69) is 5.32 Å². The van der Waals surface area contributed by atoms with Crippen molar-refractivity contribution in [3.8, 4) is 5.75 Å². The summed E-state index contributed by atoms with van der Waals surface area (Å²) in [5.74, 6) is -1.25. The minimum atomic E-state index is -1.36. The van der Waals surface area contributed by atoms with Crippen molar-refractivity contribution in [2.75, 3.05) is 17.3 Å². The fraction of sp³-hybridized carbons (Fsp3) is 0.147. The molecule has 1 fully saturated rings. The van der Waals surface area contributed by atoms with Crippen molar-refractivity contribution in [3.63, 3.8) is 0 Å². The Morgan fingerprint density at radius 1 is 0.878 bits per heavy atom. The van der Waals surface area contributed by atoms with Gasteiger partial charge in [-0.1, -0.05) is 72.3 Å². The maximum Gasteiger partial charge on any atom is 0.238 e. The van der Waals surface area contributed by atoms with E-state index in [0.717, 1.165) is 11.3 Å². The highest BCUT2D eigenvalue weighted by Gasteiger charge is 2.70. The monoisotopic (exact) mass is 560 g/mol. The third-order valence-corrected chi connectivity index (χ3v) is 8.81. The van der Waals surface area contributed by atoms with E-state index in [4.69, 9.17) is 16.3 Å². The van der Waals surface area contributed by atoms with Gasteiger partial charge in [0.15, 0.2) is 11.6 Å². The molecule has 4 aromatic rings. The van der Waals surface area contributed by atoms with Crippen LogP contribution in [0, 0.1) is 5.92 Å². The molecule has 7 rings (SSSR count). The number of rotatable bonds is 5. The first-order chi connectivity index (χ1) is 19.9. The molecule has 0 aromatic heterocycles. The number of para-hydroxylation sites is 1. The van der Waals surface area contributed by atoms with Crippen molar-refractivity contribution >= 4 is 46.5 Å². The minimum Gasteiger partial charge on any atom is -0.497 e. The first-order valence-electron chi connectivity index (χ1n) is 13.4. The highest BCUT2D eigenvalue weighted by Crippen LogP contribution is 2.58. The summed E-state index contributed by atoms with van der Waals surface area (Å²) in [6, 6.07) is 27.1. The Hall–Kier alpha value is -4.68. The highest BCUT2D eigenvalue weighted by molar-refractivity contribution is 6.31. The van der Waals surface area contributed by atoms with E-state index < -0.39 is 23.4 Å². The number of methoxy groups -OCH3 is 1. The zero-order valence-corrected chi connectivity index (χ0v) is 22.8. The molecule has 4 atom stereocenters. The normalized spacial score (nSPS) is 23.5. The maximum absolute atomic E-state index is 14.8. The second kappa shape index (κ2) is 9.46. The molecule has 3 heterocycles. The lowest BCUT2D eigenvalue weighted by atomic mass is 9.64. The number of benzene rings is 4. The number of nitrogens with zero attached hydrogens (tertiary/aromatic N) is 1. The predicted octanol–water partition coefficient (Wildman–Crippen LogP) is 6.20. The van der Waals surface area contributed by atoms with E-state index in [9.17, 15) is 14.4 Å². The Morgan fingerprint density at radius 3 is 2.34 bits per heavy atom. The predicted molar refractivity (Wildman–Crippen MR) is 159 cm³/mol. The SMILES string of the molecule is COc1ccc(C(=O)[C@@H]2[C@H](C(=O)c3ccccc3)N3c4ccc(Cl)cc4C=C[C@H]3[C@]23C(=O)Nc2ccccc23)cc1. The summed E-state index contributed by atoms with van der Waals surface area (Å²) in [5.41, 5.74) is 2.43. The number of hydrogen-bond acceptors (Lipinski definition) is 5. The quantitative estimate of drug-likeness (QED) is 0.294. The van der Waals surface area contributed by atoms with Gasteiger partial charge in [0.2, 0.25) is 5.91 Å². The fourth-order valence-corrected chi connectivity index (χ4v) is 7.04. The molecular formula is C34H25ClN2O4. The molecule has 0 unspecified atom stereocenters. The van der Waals surface area contributed by atoms with Crippen LogP contribution in [0.15, 0.2) is 103 Å². The number of amides is 1. The fourth-order valence-electron chi connectivity index (χ4n) is 6.86. The van der Waals surface area contributed by atoms with Crippen LogP contribution in [-0.4, -0.2) is 36.7 Å². The summed E-state index contributed by atoms with van der Waals surface area (Å²) in [6.45, 7) is 0. The summed E-state index contributed by atoms with van der Waals surface area (Å²) < 4.78 is 5.32. The first kappa shape index (κ1) is 25.3. The number of hydrogen-bond donors (Lipinski definition) is 1. The van der Waals surface area contributed by atoms with Crippen LogP contribution in [0.2, 0.25) is 5.02 Å². The van der Waals surface area contributed by atoms with Gasteiger partial charge in [-0.05, 0) is 59.7 Å². The molecule has 0 aliphatic carbocycles. The molecule has 1 N–H and O–H groups in total. The highest BCUT2D eigenvalue weighted by atomic mass is 35.5. The third kappa shape index (κ3) is 3.60. The number of Topliss-reactive ketones (excluding diaryl/α,β-unsaturated/α-hetero) is 2. The third-order valence-electron chi connectivity index (χ3n) is 8.58. The standard InChI is InChI=1S/C34H25ClN2O4/c1-41-24-15-11-21(12-16-24)31(38)29-30(32(39)20-7-3-2-4-8-20)37-27-17-14-23(35)19-22(27)13-18-28(37)34(29)25-9-5-6-10-26(25)36-33(34)40/h2-19,28-30H,1H3,(H,36,40)/t28-,29-,30+,34-/m0/s1. The average molecular weight is 561 g/mol. The van der Waals surface area contributed by atoms with Crippen molar-refractivity contribution in [1.82, 2.24) is 0 Å². The smallest absolute Gasteiger partial charge is 0.238 e. The van der Waals surface area contributed by atoms with Gasteiger partial charge in [0.25, 0.3) is 0 Å². The topological polar surface area (TPSA) is 75.7 Å². The number of fused-ring (bicyclic) bond motifs is 6. The van der Waals surface area contributed by atoms with E-state index >= 15 is 0 Å². The molecule has 0 radical (unpaired) electrons. The van der Waals surface area contributed by atoms with Crippen LogP contribution in [-0.2, 0) is 10.2 Å². The van der Waals surface area contributed by atoms with Gasteiger partial charge in [-0.25, -0.2) is 0 Å². The summed E-state index contributed by atoms with van der Waals surface area (Å²) in [5, 5.41) is 3.60. The second-order valence-electron chi connectivity index (χ2n) is 10.5. The van der Waals surface area contributed by atoms with E-state index in [0.29, 0.717) is 33.1 Å². The van der Waals surface area contributed by atoms with Gasteiger partial charge in [-0.15, -0.1) is 0 Å². The van der Waals surface area contributed by atoms with E-state index in [1.807, 2.05) is 59.5 Å². The summed E-state index contributed by atoms with van der Waals surface area (Å²) in [6.07, 6.45) is 3.87. The van der Waals surface area contributed by atoms with Gasteiger partial charge in [-0.3, -0.25) is 14.4 Å². The average Bonchev–Trinajstić information content (AvgIpc) is 3.49. The van der Waals surface area contributed by atoms with E-state index in [-0.39, 0.29) is 17.5 Å². The molecule has 3 aliphatic heterocycles. The lowest BCUT2D eigenvalue weighted by Gasteiger charge is -2.37. The minimum absolute atomic E-state index is 0.229. The number of ether oxygens (including phenoxy) is 1. The Bertz CT molecular complexity index is 1750. The van der Waals surface area contributed by atoms with Crippen LogP contribution < -0.4 is 15.0 Å². The molecule has 0 bridgehead atoms. The van der Waals surface area contributed by atoms with Gasteiger partial charge in [0.1, 0.15) is 17.2 Å². The van der Waals surface area contributed by atoms with Crippen LogP contribution in [0.5, 0.6) is 5.75 Å². The number of nitrogens with one attached hydrogen (secondary N) is 1. The molecule has 1 saturated heterocycles. The maximum atomic E-state index is 14.8. The molecule has 6 nitrogen and oxygen atoms in total. The van der Waals surface area contributed by atoms with E-state index in [1.54, 1.807) is 61.7 Å². The number of carbonyl (C=O) groups excluding carboxylic acids is 3.